The van der Waals surface area contributed by atoms with E-state index in [9.17, 15) is 9.59 Å². The lowest BCUT2D eigenvalue weighted by Gasteiger charge is -2.40. The van der Waals surface area contributed by atoms with Gasteiger partial charge in [-0.2, -0.15) is 0 Å². The number of carbonyl (C=O) groups is 2. The lowest BCUT2D eigenvalue weighted by Crippen LogP contribution is -2.51. The molecule has 3 aromatic rings. The van der Waals surface area contributed by atoms with Gasteiger partial charge in [-0.25, -0.2) is 4.98 Å². The minimum Gasteiger partial charge on any atom is -0.306 e. The number of pyridine rings is 1. The summed E-state index contributed by atoms with van der Waals surface area (Å²) < 4.78 is 0. The van der Waals surface area contributed by atoms with Crippen molar-refractivity contribution in [3.05, 3.63) is 81.0 Å². The Bertz CT molecular complexity index is 1050. The maximum absolute atomic E-state index is 13.3. The summed E-state index contributed by atoms with van der Waals surface area (Å²) in [7, 11) is 0. The molecule has 2 amide bonds. The molecule has 8 heteroatoms. The van der Waals surface area contributed by atoms with Crippen molar-refractivity contribution < 1.29 is 9.59 Å². The van der Waals surface area contributed by atoms with Crippen molar-refractivity contribution >= 4 is 34.8 Å². The van der Waals surface area contributed by atoms with Gasteiger partial charge in [-0.3, -0.25) is 14.6 Å². The zero-order chi connectivity index (χ0) is 18.6. The third kappa shape index (κ3) is 2.12. The normalized spacial score (nSPS) is 20.7. The van der Waals surface area contributed by atoms with Gasteiger partial charge in [0, 0.05) is 47.0 Å². The molecule has 0 aliphatic carbocycles. The summed E-state index contributed by atoms with van der Waals surface area (Å²) in [5.74, 6) is -0.311. The minimum absolute atomic E-state index is 0.101. The molecule has 0 N–H and O–H groups in total. The van der Waals surface area contributed by atoms with E-state index in [1.165, 1.54) is 11.3 Å². The molecule has 1 unspecified atom stereocenters. The highest BCUT2D eigenvalue weighted by Crippen LogP contribution is 2.49. The van der Waals surface area contributed by atoms with Crippen molar-refractivity contribution in [1.29, 1.82) is 0 Å². The van der Waals surface area contributed by atoms with Gasteiger partial charge in [0.25, 0.3) is 11.8 Å². The third-order valence-corrected chi connectivity index (χ3v) is 5.98. The van der Waals surface area contributed by atoms with Gasteiger partial charge in [-0.05, 0) is 18.2 Å². The van der Waals surface area contributed by atoms with Gasteiger partial charge >= 0.3 is 0 Å². The fourth-order valence-electron chi connectivity index (χ4n) is 4.07. The maximum Gasteiger partial charge on any atom is 0.275 e. The molecule has 0 spiro atoms. The second-order valence-corrected chi connectivity index (χ2v) is 7.54. The van der Waals surface area contributed by atoms with Crippen LogP contribution in [0.3, 0.4) is 0 Å². The van der Waals surface area contributed by atoms with Crippen molar-refractivity contribution in [2.45, 2.75) is 5.66 Å². The second kappa shape index (κ2) is 5.87. The fraction of sp³-hybridized carbons (Fsp3) is 0.158. The van der Waals surface area contributed by atoms with E-state index in [-0.39, 0.29) is 11.8 Å². The number of hydrogen-bond acceptors (Lipinski definition) is 5. The largest absolute Gasteiger partial charge is 0.306 e. The van der Waals surface area contributed by atoms with Crippen LogP contribution in [0.25, 0.3) is 0 Å². The van der Waals surface area contributed by atoms with Crippen LogP contribution in [0.1, 0.15) is 32.0 Å². The number of amides is 2. The molecule has 0 saturated carbocycles. The summed E-state index contributed by atoms with van der Waals surface area (Å²) >= 11 is 7.45. The average Bonchev–Trinajstić information content (AvgIpc) is 3.40. The predicted octanol–water partition coefficient (Wildman–Crippen LogP) is 3.00. The molecule has 5 rings (SSSR count). The Morgan fingerprint density at radius 1 is 1.19 bits per heavy atom. The van der Waals surface area contributed by atoms with Gasteiger partial charge in [0.05, 0.1) is 11.1 Å². The summed E-state index contributed by atoms with van der Waals surface area (Å²) in [6.07, 6.45) is 3.27. The molecule has 6 nitrogen and oxygen atoms in total. The molecule has 2 aliphatic rings. The van der Waals surface area contributed by atoms with E-state index in [2.05, 4.69) is 9.97 Å². The smallest absolute Gasteiger partial charge is 0.275 e. The van der Waals surface area contributed by atoms with E-state index in [1.54, 1.807) is 51.3 Å². The Labute approximate surface area is 164 Å². The van der Waals surface area contributed by atoms with Crippen LogP contribution in [0.15, 0.2) is 53.6 Å². The quantitative estimate of drug-likeness (QED) is 0.667. The van der Waals surface area contributed by atoms with Crippen LogP contribution in [-0.4, -0.2) is 44.7 Å². The number of thiazole rings is 1. The minimum atomic E-state index is -1.04. The van der Waals surface area contributed by atoms with Gasteiger partial charge in [0.15, 0.2) is 5.66 Å². The Kier molecular flexibility index (Phi) is 3.57. The number of fused-ring (bicyclic) bond motifs is 3. The Morgan fingerprint density at radius 3 is 2.74 bits per heavy atom. The van der Waals surface area contributed by atoms with Gasteiger partial charge in [0.1, 0.15) is 5.69 Å². The fourth-order valence-corrected chi connectivity index (χ4v) is 4.72. The number of hydrogen-bond donors (Lipinski definition) is 0. The van der Waals surface area contributed by atoms with E-state index in [1.807, 2.05) is 12.1 Å². The zero-order valence-corrected chi connectivity index (χ0v) is 15.6. The number of halogens is 1. The molecule has 1 aromatic carbocycles. The van der Waals surface area contributed by atoms with Crippen LogP contribution < -0.4 is 0 Å². The Morgan fingerprint density at radius 2 is 2.00 bits per heavy atom. The van der Waals surface area contributed by atoms with E-state index in [4.69, 9.17) is 11.6 Å². The molecule has 1 atom stereocenters. The number of rotatable bonds is 2. The number of aromatic nitrogens is 2. The maximum atomic E-state index is 13.3. The van der Waals surface area contributed by atoms with Crippen LogP contribution in [-0.2, 0) is 5.66 Å². The van der Waals surface area contributed by atoms with E-state index in [0.717, 1.165) is 5.56 Å². The molecule has 134 valence electrons. The summed E-state index contributed by atoms with van der Waals surface area (Å²) in [6.45, 7) is 0.852. The standard InChI is InChI=1S/C19H13ClN4O2S/c20-13-3-1-12(2-4-13)19-15-9-21-6-5-14(15)17(25)23(19)7-8-24(19)18(26)16-10-27-11-22-16/h1-6,9-11H,7-8H2. The van der Waals surface area contributed by atoms with E-state index >= 15 is 0 Å². The molecule has 2 aromatic heterocycles. The first-order valence-electron chi connectivity index (χ1n) is 8.36. The van der Waals surface area contributed by atoms with Crippen molar-refractivity contribution in [2.24, 2.45) is 0 Å². The first kappa shape index (κ1) is 16.4. The Hall–Kier alpha value is -2.77. The van der Waals surface area contributed by atoms with Crippen LogP contribution in [0.2, 0.25) is 5.02 Å². The molecular weight excluding hydrogens is 384 g/mol. The number of nitrogens with zero attached hydrogens (tertiary/aromatic N) is 4. The molecule has 1 saturated heterocycles. The third-order valence-electron chi connectivity index (χ3n) is 5.14. The molecule has 27 heavy (non-hydrogen) atoms. The van der Waals surface area contributed by atoms with Crippen LogP contribution in [0, 0.1) is 0 Å². The van der Waals surface area contributed by atoms with Crippen molar-refractivity contribution in [3.8, 4) is 0 Å². The summed E-state index contributed by atoms with van der Waals surface area (Å²) in [5, 5.41) is 2.31. The number of benzene rings is 1. The SMILES string of the molecule is O=C(c1cscn1)N1CCN2C(=O)c3ccncc3C12c1ccc(Cl)cc1. The van der Waals surface area contributed by atoms with Crippen molar-refractivity contribution in [1.82, 2.24) is 19.8 Å². The predicted molar refractivity (Wildman–Crippen MR) is 101 cm³/mol. The second-order valence-electron chi connectivity index (χ2n) is 6.39. The summed E-state index contributed by atoms with van der Waals surface area (Å²) in [4.78, 5) is 38.3. The molecule has 4 heterocycles. The van der Waals surface area contributed by atoms with Gasteiger partial charge in [-0.1, -0.05) is 23.7 Å². The monoisotopic (exact) mass is 396 g/mol. The summed E-state index contributed by atoms with van der Waals surface area (Å²) in [5.41, 5.74) is 3.04. The van der Waals surface area contributed by atoms with E-state index < -0.39 is 5.66 Å². The van der Waals surface area contributed by atoms with Crippen LogP contribution in [0.4, 0.5) is 0 Å². The van der Waals surface area contributed by atoms with Gasteiger partial charge < -0.3 is 9.80 Å². The molecular formula is C19H13ClN4O2S. The lowest BCUT2D eigenvalue weighted by atomic mass is 9.91. The lowest BCUT2D eigenvalue weighted by molar-refractivity contribution is 0.0371. The van der Waals surface area contributed by atoms with E-state index in [0.29, 0.717) is 34.9 Å². The highest BCUT2D eigenvalue weighted by molar-refractivity contribution is 7.07. The highest BCUT2D eigenvalue weighted by atomic mass is 35.5. The van der Waals surface area contributed by atoms with Gasteiger partial charge in [0.2, 0.25) is 0 Å². The van der Waals surface area contributed by atoms with Crippen LogP contribution in [0.5, 0.6) is 0 Å². The Balaban J connectivity index is 1.78. The highest BCUT2D eigenvalue weighted by Gasteiger charge is 2.60. The molecule has 1 fully saturated rings. The molecule has 0 bridgehead atoms. The first-order valence-corrected chi connectivity index (χ1v) is 9.69. The van der Waals surface area contributed by atoms with Gasteiger partial charge in [-0.15, -0.1) is 11.3 Å². The topological polar surface area (TPSA) is 66.4 Å². The van der Waals surface area contributed by atoms with Crippen molar-refractivity contribution in [3.63, 3.8) is 0 Å². The van der Waals surface area contributed by atoms with Crippen molar-refractivity contribution in [2.75, 3.05) is 13.1 Å². The van der Waals surface area contributed by atoms with Crippen LogP contribution >= 0.6 is 22.9 Å². The average molecular weight is 397 g/mol. The summed E-state index contributed by atoms with van der Waals surface area (Å²) in [6, 6.07) is 8.97. The molecule has 0 radical (unpaired) electrons. The first-order chi connectivity index (χ1) is 13.1. The number of carbonyl (C=O) groups excluding carboxylic acids is 2. The zero-order valence-electron chi connectivity index (χ0n) is 14.0. The molecule has 2 aliphatic heterocycles.